The first-order valence-corrected chi connectivity index (χ1v) is 10.7. The van der Waals surface area contributed by atoms with Gasteiger partial charge < -0.3 is 29.5 Å². The molecule has 2 amide bonds. The number of aliphatic hydroxyl groups excluding tert-OH is 1. The Morgan fingerprint density at radius 3 is 2.62 bits per heavy atom. The SMILES string of the molecule is CC(C)(C)c1cc(NC(=O)Nc2ccc3oc(C(O)c4cc5cc(O)ccc5[nH]4)cc3c2)no1. The van der Waals surface area contributed by atoms with E-state index in [1.807, 2.05) is 20.8 Å². The first-order valence-electron chi connectivity index (χ1n) is 10.7. The Balaban J connectivity index is 1.32. The number of furan rings is 1. The molecule has 5 aromatic rings. The minimum absolute atomic E-state index is 0.151. The Kier molecular flexibility index (Phi) is 5.06. The minimum Gasteiger partial charge on any atom is -0.508 e. The summed E-state index contributed by atoms with van der Waals surface area (Å²) in [4.78, 5) is 15.5. The molecule has 34 heavy (non-hydrogen) atoms. The Bertz CT molecular complexity index is 1500. The van der Waals surface area contributed by atoms with Crippen LogP contribution in [0, 0.1) is 0 Å². The van der Waals surface area contributed by atoms with Gasteiger partial charge in [0.05, 0.1) is 5.69 Å². The number of fused-ring (bicyclic) bond motifs is 2. The monoisotopic (exact) mass is 460 g/mol. The van der Waals surface area contributed by atoms with Crippen LogP contribution in [-0.4, -0.2) is 26.4 Å². The van der Waals surface area contributed by atoms with Crippen molar-refractivity contribution in [2.45, 2.75) is 32.3 Å². The van der Waals surface area contributed by atoms with Gasteiger partial charge in [-0.25, -0.2) is 4.79 Å². The maximum absolute atomic E-state index is 12.4. The number of aromatic nitrogens is 2. The molecule has 1 unspecified atom stereocenters. The number of nitrogens with one attached hydrogen (secondary N) is 3. The summed E-state index contributed by atoms with van der Waals surface area (Å²) in [6.07, 6.45) is -1.02. The van der Waals surface area contributed by atoms with Crippen molar-refractivity contribution in [2.75, 3.05) is 10.6 Å². The molecule has 0 saturated carbocycles. The first kappa shape index (κ1) is 21.6. The van der Waals surface area contributed by atoms with Gasteiger partial charge in [-0.2, -0.15) is 0 Å². The number of nitrogens with zero attached hydrogens (tertiary/aromatic N) is 1. The highest BCUT2D eigenvalue weighted by molar-refractivity contribution is 6.00. The number of carbonyl (C=O) groups excluding carboxylic acids is 1. The number of aliphatic hydroxyl groups is 1. The van der Waals surface area contributed by atoms with E-state index in [1.54, 1.807) is 54.6 Å². The van der Waals surface area contributed by atoms with Crippen LogP contribution in [0.4, 0.5) is 16.3 Å². The largest absolute Gasteiger partial charge is 0.508 e. The number of carbonyl (C=O) groups is 1. The van der Waals surface area contributed by atoms with Crippen molar-refractivity contribution in [1.29, 1.82) is 0 Å². The molecule has 2 aromatic carbocycles. The Morgan fingerprint density at radius 1 is 1.03 bits per heavy atom. The maximum Gasteiger partial charge on any atom is 0.324 e. The van der Waals surface area contributed by atoms with E-state index in [4.69, 9.17) is 8.94 Å². The number of urea groups is 1. The van der Waals surface area contributed by atoms with Crippen LogP contribution < -0.4 is 10.6 Å². The smallest absolute Gasteiger partial charge is 0.324 e. The third kappa shape index (κ3) is 4.20. The van der Waals surface area contributed by atoms with Crippen LogP contribution in [0.3, 0.4) is 0 Å². The average molecular weight is 460 g/mol. The molecule has 0 saturated heterocycles. The van der Waals surface area contributed by atoms with Gasteiger partial charge in [0.2, 0.25) is 0 Å². The lowest BCUT2D eigenvalue weighted by Crippen LogP contribution is -2.19. The third-order valence-electron chi connectivity index (χ3n) is 5.47. The number of hydrogen-bond donors (Lipinski definition) is 5. The second kappa shape index (κ2) is 7.96. The van der Waals surface area contributed by atoms with Crippen LogP contribution in [0.5, 0.6) is 5.75 Å². The van der Waals surface area contributed by atoms with Crippen molar-refractivity contribution in [3.63, 3.8) is 0 Å². The van der Waals surface area contributed by atoms with Crippen LogP contribution >= 0.6 is 0 Å². The quantitative estimate of drug-likeness (QED) is 0.236. The molecule has 3 aromatic heterocycles. The Morgan fingerprint density at radius 2 is 1.85 bits per heavy atom. The maximum atomic E-state index is 12.4. The van der Waals surface area contributed by atoms with Gasteiger partial charge in [0.1, 0.15) is 22.9 Å². The summed E-state index contributed by atoms with van der Waals surface area (Å²) < 4.78 is 11.1. The standard InChI is InChI=1S/C25H24N4O5/c1-25(2,3)21-12-22(29-34-21)28-24(32)26-15-4-7-19-14(8-15)11-20(33-19)23(31)18-10-13-9-16(30)5-6-17(13)27-18/h4-12,23,27,30-31H,1-3H3,(H2,26,28,29,32). The third-order valence-corrected chi connectivity index (χ3v) is 5.47. The second-order valence-corrected chi connectivity index (χ2v) is 9.21. The average Bonchev–Trinajstić information content (AvgIpc) is 3.49. The van der Waals surface area contributed by atoms with Crippen LogP contribution in [0.15, 0.2) is 63.5 Å². The molecule has 9 nitrogen and oxygen atoms in total. The number of aromatic hydroxyl groups is 1. The molecule has 0 spiro atoms. The number of rotatable bonds is 4. The highest BCUT2D eigenvalue weighted by Crippen LogP contribution is 2.32. The normalized spacial score (nSPS) is 12.8. The van der Waals surface area contributed by atoms with Crippen molar-refractivity contribution in [2.24, 2.45) is 0 Å². The van der Waals surface area contributed by atoms with Crippen molar-refractivity contribution in [3.8, 4) is 5.75 Å². The predicted molar refractivity (Wildman–Crippen MR) is 128 cm³/mol. The number of amides is 2. The lowest BCUT2D eigenvalue weighted by atomic mass is 9.93. The van der Waals surface area contributed by atoms with E-state index in [1.165, 1.54) is 0 Å². The van der Waals surface area contributed by atoms with Crippen molar-refractivity contribution >= 4 is 39.4 Å². The molecule has 5 N–H and O–H groups in total. The molecular weight excluding hydrogens is 436 g/mol. The molecular formula is C25H24N4O5. The number of H-pyrrole nitrogens is 1. The fourth-order valence-corrected chi connectivity index (χ4v) is 3.69. The van der Waals surface area contributed by atoms with Crippen molar-refractivity contribution < 1.29 is 23.9 Å². The Labute approximate surface area is 194 Å². The number of phenols is 1. The first-order chi connectivity index (χ1) is 16.2. The summed E-state index contributed by atoms with van der Waals surface area (Å²) in [5, 5.41) is 31.3. The highest BCUT2D eigenvalue weighted by Gasteiger charge is 2.21. The molecule has 3 heterocycles. The molecule has 0 radical (unpaired) electrons. The van der Waals surface area contributed by atoms with Crippen molar-refractivity contribution in [1.82, 2.24) is 10.1 Å². The van der Waals surface area contributed by atoms with Crippen LogP contribution in [0.1, 0.15) is 44.1 Å². The molecule has 5 rings (SSSR count). The molecule has 0 aliphatic heterocycles. The lowest BCUT2D eigenvalue weighted by molar-refractivity contribution is 0.188. The van der Waals surface area contributed by atoms with E-state index in [0.717, 1.165) is 16.3 Å². The fourth-order valence-electron chi connectivity index (χ4n) is 3.69. The number of anilines is 2. The van der Waals surface area contributed by atoms with E-state index in [2.05, 4.69) is 20.8 Å². The summed E-state index contributed by atoms with van der Waals surface area (Å²) in [6, 6.07) is 14.8. The number of phenolic OH excluding ortho intramolecular Hbond substituents is 1. The van der Waals surface area contributed by atoms with Crippen molar-refractivity contribution in [3.05, 3.63) is 71.8 Å². The molecule has 9 heteroatoms. The molecule has 0 bridgehead atoms. The van der Waals surface area contributed by atoms with E-state index >= 15 is 0 Å². The number of hydrogen-bond acceptors (Lipinski definition) is 6. The topological polar surface area (TPSA) is 137 Å². The zero-order chi connectivity index (χ0) is 24.0. The van der Waals surface area contributed by atoms with Crippen LogP contribution in [0.2, 0.25) is 0 Å². The van der Waals surface area contributed by atoms with Gasteiger partial charge in [-0.3, -0.25) is 5.32 Å². The van der Waals surface area contributed by atoms with E-state index < -0.39 is 12.1 Å². The lowest BCUT2D eigenvalue weighted by Gasteiger charge is -2.12. The summed E-state index contributed by atoms with van der Waals surface area (Å²) in [5.74, 6) is 1.49. The van der Waals surface area contributed by atoms with Gasteiger partial charge in [-0.05, 0) is 48.5 Å². The molecule has 1 atom stereocenters. The second-order valence-electron chi connectivity index (χ2n) is 9.21. The molecule has 0 fully saturated rings. The van der Waals surface area contributed by atoms with Crippen LogP contribution in [0.25, 0.3) is 21.9 Å². The van der Waals surface area contributed by atoms with E-state index in [9.17, 15) is 15.0 Å². The van der Waals surface area contributed by atoms with Gasteiger partial charge in [-0.15, -0.1) is 0 Å². The number of aromatic amines is 1. The fraction of sp³-hybridized carbons (Fsp3) is 0.200. The summed E-state index contributed by atoms with van der Waals surface area (Å²) >= 11 is 0. The number of benzene rings is 2. The molecule has 174 valence electrons. The summed E-state index contributed by atoms with van der Waals surface area (Å²) in [5.41, 5.74) is 2.24. The van der Waals surface area contributed by atoms with Gasteiger partial charge in [-0.1, -0.05) is 25.9 Å². The van der Waals surface area contributed by atoms with Gasteiger partial charge in [0.15, 0.2) is 11.9 Å². The van der Waals surface area contributed by atoms with Gasteiger partial charge >= 0.3 is 6.03 Å². The van der Waals surface area contributed by atoms with Gasteiger partial charge in [0, 0.05) is 33.5 Å². The Hall–Kier alpha value is -4.24. The van der Waals surface area contributed by atoms with Crippen LogP contribution in [-0.2, 0) is 5.41 Å². The molecule has 0 aliphatic carbocycles. The summed E-state index contributed by atoms with van der Waals surface area (Å²) in [7, 11) is 0. The zero-order valence-electron chi connectivity index (χ0n) is 18.8. The van der Waals surface area contributed by atoms with E-state index in [0.29, 0.717) is 34.3 Å². The van der Waals surface area contributed by atoms with E-state index in [-0.39, 0.29) is 11.2 Å². The highest BCUT2D eigenvalue weighted by atomic mass is 16.5. The zero-order valence-corrected chi connectivity index (χ0v) is 18.8. The predicted octanol–water partition coefficient (Wildman–Crippen LogP) is 5.63. The van der Waals surface area contributed by atoms with Gasteiger partial charge in [0.25, 0.3) is 0 Å². The minimum atomic E-state index is -1.02. The molecule has 0 aliphatic rings. The summed E-state index contributed by atoms with van der Waals surface area (Å²) in [6.45, 7) is 5.98.